The van der Waals surface area contributed by atoms with E-state index in [9.17, 15) is 0 Å². The summed E-state index contributed by atoms with van der Waals surface area (Å²) in [7, 11) is 0. The Morgan fingerprint density at radius 2 is 2.17 bits per heavy atom. The van der Waals surface area contributed by atoms with Gasteiger partial charge in [-0.25, -0.2) is 0 Å². The second-order valence-corrected chi connectivity index (χ2v) is 6.07. The van der Waals surface area contributed by atoms with Crippen LogP contribution in [-0.2, 0) is 6.42 Å². The fourth-order valence-corrected chi connectivity index (χ4v) is 3.00. The molecule has 0 amide bonds. The van der Waals surface area contributed by atoms with Gasteiger partial charge in [0.1, 0.15) is 0 Å². The standard InChI is InChI=1S/C15H23BrN2/c1-2-9-18(11-13-3-4-13)15-6-5-12(7-8-17)10-14(15)16/h5-6,10,13H,2-4,7-9,11,17H2,1H3. The topological polar surface area (TPSA) is 29.3 Å². The Morgan fingerprint density at radius 1 is 1.39 bits per heavy atom. The second-order valence-electron chi connectivity index (χ2n) is 5.21. The molecule has 18 heavy (non-hydrogen) atoms. The van der Waals surface area contributed by atoms with Gasteiger partial charge in [0.25, 0.3) is 0 Å². The maximum Gasteiger partial charge on any atom is 0.0510 e. The predicted molar refractivity (Wildman–Crippen MR) is 82.1 cm³/mol. The normalized spacial score (nSPS) is 14.8. The van der Waals surface area contributed by atoms with Crippen molar-refractivity contribution in [2.75, 3.05) is 24.5 Å². The Morgan fingerprint density at radius 3 is 2.72 bits per heavy atom. The first kappa shape index (κ1) is 13.9. The molecule has 2 N–H and O–H groups in total. The van der Waals surface area contributed by atoms with Gasteiger partial charge in [-0.3, -0.25) is 0 Å². The number of anilines is 1. The van der Waals surface area contributed by atoms with Crippen molar-refractivity contribution in [1.29, 1.82) is 0 Å². The summed E-state index contributed by atoms with van der Waals surface area (Å²) < 4.78 is 1.21. The third-order valence-corrected chi connectivity index (χ3v) is 4.09. The van der Waals surface area contributed by atoms with E-state index in [2.05, 4.69) is 46.0 Å². The summed E-state index contributed by atoms with van der Waals surface area (Å²) in [6, 6.07) is 6.67. The number of hydrogen-bond donors (Lipinski definition) is 1. The molecule has 0 heterocycles. The van der Waals surface area contributed by atoms with Crippen LogP contribution in [0.1, 0.15) is 31.7 Å². The minimum absolute atomic E-state index is 0.715. The monoisotopic (exact) mass is 310 g/mol. The summed E-state index contributed by atoms with van der Waals surface area (Å²) in [6.07, 6.45) is 4.96. The van der Waals surface area contributed by atoms with E-state index >= 15 is 0 Å². The van der Waals surface area contributed by atoms with Gasteiger partial charge in [-0.15, -0.1) is 0 Å². The maximum absolute atomic E-state index is 5.60. The lowest BCUT2D eigenvalue weighted by atomic mass is 10.1. The number of rotatable bonds is 7. The van der Waals surface area contributed by atoms with Crippen LogP contribution in [0.3, 0.4) is 0 Å². The molecule has 0 aliphatic heterocycles. The molecule has 0 radical (unpaired) electrons. The molecular formula is C15H23BrN2. The molecule has 0 spiro atoms. The van der Waals surface area contributed by atoms with E-state index in [0.717, 1.165) is 18.9 Å². The highest BCUT2D eigenvalue weighted by Gasteiger charge is 2.24. The van der Waals surface area contributed by atoms with Crippen molar-refractivity contribution in [3.63, 3.8) is 0 Å². The zero-order valence-corrected chi connectivity index (χ0v) is 12.7. The van der Waals surface area contributed by atoms with Crippen molar-refractivity contribution in [3.8, 4) is 0 Å². The third kappa shape index (κ3) is 3.72. The van der Waals surface area contributed by atoms with Crippen LogP contribution in [0.5, 0.6) is 0 Å². The average Bonchev–Trinajstić information content (AvgIpc) is 3.13. The van der Waals surface area contributed by atoms with Crippen molar-refractivity contribution in [2.45, 2.75) is 32.6 Å². The van der Waals surface area contributed by atoms with Gasteiger partial charge in [0, 0.05) is 17.6 Å². The SMILES string of the molecule is CCCN(CC1CC1)c1ccc(CCN)cc1Br. The number of benzene rings is 1. The molecule has 1 aliphatic rings. The average molecular weight is 311 g/mol. The highest BCUT2D eigenvalue weighted by molar-refractivity contribution is 9.10. The Bertz CT molecular complexity index is 388. The molecule has 1 aromatic rings. The van der Waals surface area contributed by atoms with Crippen LogP contribution in [0.15, 0.2) is 22.7 Å². The number of nitrogens with zero attached hydrogens (tertiary/aromatic N) is 1. The van der Waals surface area contributed by atoms with Gasteiger partial charge in [0.05, 0.1) is 5.69 Å². The van der Waals surface area contributed by atoms with Gasteiger partial charge in [-0.2, -0.15) is 0 Å². The first-order valence-electron chi connectivity index (χ1n) is 6.98. The lowest BCUT2D eigenvalue weighted by Gasteiger charge is -2.26. The van der Waals surface area contributed by atoms with E-state index in [1.807, 2.05) is 0 Å². The molecule has 0 bridgehead atoms. The molecule has 1 fully saturated rings. The molecular weight excluding hydrogens is 288 g/mol. The minimum Gasteiger partial charge on any atom is -0.370 e. The number of nitrogens with two attached hydrogens (primary N) is 1. The number of hydrogen-bond acceptors (Lipinski definition) is 2. The van der Waals surface area contributed by atoms with Crippen molar-refractivity contribution in [3.05, 3.63) is 28.2 Å². The fraction of sp³-hybridized carbons (Fsp3) is 0.600. The third-order valence-electron chi connectivity index (χ3n) is 3.45. The molecule has 1 saturated carbocycles. The van der Waals surface area contributed by atoms with Crippen LogP contribution in [-0.4, -0.2) is 19.6 Å². The lowest BCUT2D eigenvalue weighted by molar-refractivity contribution is 0.706. The van der Waals surface area contributed by atoms with Crippen LogP contribution in [0.25, 0.3) is 0 Å². The van der Waals surface area contributed by atoms with Gasteiger partial charge in [-0.05, 0) is 71.8 Å². The molecule has 0 unspecified atom stereocenters. The van der Waals surface area contributed by atoms with Gasteiger partial charge >= 0.3 is 0 Å². The van der Waals surface area contributed by atoms with Gasteiger partial charge in [-0.1, -0.05) is 13.0 Å². The molecule has 2 rings (SSSR count). The Balaban J connectivity index is 2.12. The molecule has 3 heteroatoms. The van der Waals surface area contributed by atoms with E-state index in [-0.39, 0.29) is 0 Å². The van der Waals surface area contributed by atoms with E-state index in [1.54, 1.807) is 0 Å². The highest BCUT2D eigenvalue weighted by Crippen LogP contribution is 2.34. The zero-order chi connectivity index (χ0) is 13.0. The molecule has 0 atom stereocenters. The van der Waals surface area contributed by atoms with Crippen LogP contribution in [0.4, 0.5) is 5.69 Å². The molecule has 0 saturated heterocycles. The van der Waals surface area contributed by atoms with Crippen molar-refractivity contribution >= 4 is 21.6 Å². The highest BCUT2D eigenvalue weighted by atomic mass is 79.9. The van der Waals surface area contributed by atoms with Crippen LogP contribution in [0, 0.1) is 5.92 Å². The van der Waals surface area contributed by atoms with Crippen LogP contribution >= 0.6 is 15.9 Å². The Hall–Kier alpha value is -0.540. The van der Waals surface area contributed by atoms with Crippen LogP contribution < -0.4 is 10.6 Å². The summed E-state index contributed by atoms with van der Waals surface area (Å²) in [5.74, 6) is 0.923. The van der Waals surface area contributed by atoms with Gasteiger partial charge in [0.15, 0.2) is 0 Å². The lowest BCUT2D eigenvalue weighted by Crippen LogP contribution is -2.26. The summed E-state index contributed by atoms with van der Waals surface area (Å²) in [6.45, 7) is 5.32. The molecule has 1 aliphatic carbocycles. The molecule has 1 aromatic carbocycles. The van der Waals surface area contributed by atoms with Gasteiger partial charge < -0.3 is 10.6 Å². The number of halogens is 1. The largest absolute Gasteiger partial charge is 0.370 e. The fourth-order valence-electron chi connectivity index (χ4n) is 2.32. The first-order valence-corrected chi connectivity index (χ1v) is 7.77. The van der Waals surface area contributed by atoms with Crippen LogP contribution in [0.2, 0.25) is 0 Å². The maximum atomic E-state index is 5.60. The summed E-state index contributed by atoms with van der Waals surface area (Å²) in [5, 5.41) is 0. The second kappa shape index (κ2) is 6.58. The summed E-state index contributed by atoms with van der Waals surface area (Å²) in [5.41, 5.74) is 8.26. The van der Waals surface area contributed by atoms with E-state index < -0.39 is 0 Å². The summed E-state index contributed by atoms with van der Waals surface area (Å²) >= 11 is 3.72. The quantitative estimate of drug-likeness (QED) is 0.834. The van der Waals surface area contributed by atoms with Crippen molar-refractivity contribution in [1.82, 2.24) is 0 Å². The van der Waals surface area contributed by atoms with Gasteiger partial charge in [0.2, 0.25) is 0 Å². The van der Waals surface area contributed by atoms with Crippen molar-refractivity contribution in [2.24, 2.45) is 11.7 Å². The zero-order valence-electron chi connectivity index (χ0n) is 11.2. The summed E-state index contributed by atoms with van der Waals surface area (Å²) in [4.78, 5) is 2.52. The first-order chi connectivity index (χ1) is 8.74. The predicted octanol–water partition coefficient (Wildman–Crippen LogP) is 3.58. The van der Waals surface area contributed by atoms with E-state index in [1.165, 1.54) is 41.5 Å². The molecule has 100 valence electrons. The van der Waals surface area contributed by atoms with E-state index in [0.29, 0.717) is 6.54 Å². The Kier molecular flexibility index (Phi) is 5.07. The van der Waals surface area contributed by atoms with E-state index in [4.69, 9.17) is 5.73 Å². The smallest absolute Gasteiger partial charge is 0.0510 e. The minimum atomic E-state index is 0.715. The molecule has 0 aromatic heterocycles. The molecule has 2 nitrogen and oxygen atoms in total. The Labute approximate surface area is 119 Å². The van der Waals surface area contributed by atoms with Crippen molar-refractivity contribution < 1.29 is 0 Å².